The summed E-state index contributed by atoms with van der Waals surface area (Å²) in [5.41, 5.74) is 0.653. The number of sulfonamides is 1. The second-order valence-electron chi connectivity index (χ2n) is 4.80. The predicted molar refractivity (Wildman–Crippen MR) is 85.1 cm³/mol. The van der Waals surface area contributed by atoms with Gasteiger partial charge in [-0.2, -0.15) is 4.31 Å². The van der Waals surface area contributed by atoms with Crippen LogP contribution in [0.5, 0.6) is 5.75 Å². The molecule has 7 heteroatoms. The highest BCUT2D eigenvalue weighted by atomic mass is 32.2. The average Bonchev–Trinajstić information content (AvgIpc) is 2.55. The predicted octanol–water partition coefficient (Wildman–Crippen LogP) is 2.97. The third-order valence-electron chi connectivity index (χ3n) is 3.32. The van der Waals surface area contributed by atoms with Crippen LogP contribution in [-0.4, -0.2) is 26.2 Å². The van der Waals surface area contributed by atoms with Crippen molar-refractivity contribution in [2.45, 2.75) is 4.90 Å². The van der Waals surface area contributed by atoms with E-state index in [2.05, 4.69) is 0 Å². The molecule has 2 aromatic carbocycles. The van der Waals surface area contributed by atoms with Crippen molar-refractivity contribution in [1.82, 2.24) is 0 Å². The highest BCUT2D eigenvalue weighted by Gasteiger charge is 2.31. The second-order valence-corrected chi connectivity index (χ2v) is 6.59. The van der Waals surface area contributed by atoms with Gasteiger partial charge in [0.2, 0.25) is 0 Å². The molecule has 0 aliphatic carbocycles. The summed E-state index contributed by atoms with van der Waals surface area (Å²) in [7, 11) is -4.24. The van der Waals surface area contributed by atoms with Gasteiger partial charge in [-0.1, -0.05) is 24.3 Å². The number of carboxylic acid groups (broad SMARTS) is 1. The maximum absolute atomic E-state index is 12.7. The molecule has 1 aliphatic heterocycles. The number of para-hydroxylation sites is 1. The Bertz CT molecular complexity index is 875. The molecule has 0 atom stereocenters. The van der Waals surface area contributed by atoms with E-state index in [1.807, 2.05) is 0 Å². The van der Waals surface area contributed by atoms with Crippen LogP contribution >= 0.6 is 0 Å². The average molecular weight is 331 g/mol. The molecule has 0 bridgehead atoms. The molecule has 0 fully saturated rings. The first kappa shape index (κ1) is 15.1. The molecular weight excluding hydrogens is 318 g/mol. The fourth-order valence-electron chi connectivity index (χ4n) is 2.28. The van der Waals surface area contributed by atoms with E-state index in [1.54, 1.807) is 30.4 Å². The van der Waals surface area contributed by atoms with Crippen molar-refractivity contribution in [3.05, 3.63) is 60.2 Å². The van der Waals surface area contributed by atoms with Crippen molar-refractivity contribution in [3.8, 4) is 5.75 Å². The quantitative estimate of drug-likeness (QED) is 0.935. The molecule has 0 radical (unpaired) electrons. The van der Waals surface area contributed by atoms with Crippen molar-refractivity contribution in [1.29, 1.82) is 0 Å². The fourth-order valence-corrected chi connectivity index (χ4v) is 3.61. The zero-order chi connectivity index (χ0) is 16.4. The van der Waals surface area contributed by atoms with Gasteiger partial charge >= 0.3 is 6.09 Å². The molecule has 1 N–H and O–H groups in total. The number of hydrogen-bond acceptors (Lipinski definition) is 4. The van der Waals surface area contributed by atoms with E-state index in [1.165, 1.54) is 30.3 Å². The van der Waals surface area contributed by atoms with Gasteiger partial charge in [0.1, 0.15) is 12.4 Å². The maximum Gasteiger partial charge on any atom is 0.426 e. The van der Waals surface area contributed by atoms with E-state index in [-0.39, 0.29) is 10.6 Å². The Morgan fingerprint density at radius 1 is 1.13 bits per heavy atom. The molecule has 118 valence electrons. The molecule has 0 spiro atoms. The number of fused-ring (bicyclic) bond motifs is 1. The summed E-state index contributed by atoms with van der Waals surface area (Å²) in [6.07, 6.45) is 1.93. The largest absolute Gasteiger partial charge is 0.489 e. The van der Waals surface area contributed by atoms with Crippen molar-refractivity contribution >= 4 is 27.9 Å². The van der Waals surface area contributed by atoms with Gasteiger partial charge in [0, 0.05) is 5.56 Å². The van der Waals surface area contributed by atoms with Crippen molar-refractivity contribution in [2.24, 2.45) is 0 Å². The van der Waals surface area contributed by atoms with E-state index >= 15 is 0 Å². The van der Waals surface area contributed by atoms with Crippen LogP contribution in [0, 0.1) is 0 Å². The molecule has 0 saturated carbocycles. The smallest absolute Gasteiger partial charge is 0.426 e. The molecule has 0 aromatic heterocycles. The lowest BCUT2D eigenvalue weighted by molar-refractivity contribution is 0.206. The summed E-state index contributed by atoms with van der Waals surface area (Å²) < 4.78 is 31.2. The number of nitrogens with zero attached hydrogens (tertiary/aromatic N) is 1. The third-order valence-corrected chi connectivity index (χ3v) is 5.01. The first-order chi connectivity index (χ1) is 11.0. The number of rotatable bonds is 3. The minimum atomic E-state index is -4.24. The molecular formula is C16H13NO5S. The van der Waals surface area contributed by atoms with E-state index < -0.39 is 16.1 Å². The van der Waals surface area contributed by atoms with Crippen LogP contribution in [-0.2, 0) is 10.0 Å². The van der Waals surface area contributed by atoms with Gasteiger partial charge in [0.15, 0.2) is 0 Å². The molecule has 0 saturated heterocycles. The second kappa shape index (κ2) is 5.77. The molecule has 1 heterocycles. The van der Waals surface area contributed by atoms with E-state index in [0.29, 0.717) is 22.2 Å². The summed E-state index contributed by atoms with van der Waals surface area (Å²) in [6, 6.07) is 11.9. The summed E-state index contributed by atoms with van der Waals surface area (Å²) >= 11 is 0. The Kier molecular flexibility index (Phi) is 3.79. The minimum absolute atomic E-state index is 0.0597. The van der Waals surface area contributed by atoms with Gasteiger partial charge in [0.25, 0.3) is 10.0 Å². The van der Waals surface area contributed by atoms with Crippen LogP contribution in [0.3, 0.4) is 0 Å². The zero-order valence-corrected chi connectivity index (χ0v) is 12.7. The Morgan fingerprint density at radius 3 is 2.57 bits per heavy atom. The molecule has 0 unspecified atom stereocenters. The van der Waals surface area contributed by atoms with Crippen LogP contribution in [0.15, 0.2) is 59.5 Å². The Hall–Kier alpha value is -2.80. The van der Waals surface area contributed by atoms with Crippen LogP contribution in [0.2, 0.25) is 0 Å². The van der Waals surface area contributed by atoms with Gasteiger partial charge < -0.3 is 9.84 Å². The summed E-state index contributed by atoms with van der Waals surface area (Å²) in [6.45, 7) is 0.421. The maximum atomic E-state index is 12.7. The minimum Gasteiger partial charge on any atom is -0.489 e. The van der Waals surface area contributed by atoms with Crippen molar-refractivity contribution in [2.75, 3.05) is 10.9 Å². The topological polar surface area (TPSA) is 83.9 Å². The number of benzene rings is 2. The lowest BCUT2D eigenvalue weighted by Gasteiger charge is -2.20. The molecule has 1 amide bonds. The molecule has 6 nitrogen and oxygen atoms in total. The van der Waals surface area contributed by atoms with E-state index in [9.17, 15) is 18.3 Å². The van der Waals surface area contributed by atoms with Crippen LogP contribution < -0.4 is 9.04 Å². The SMILES string of the molecule is O=C(O)N(c1ccccc1)S(=O)(=O)c1ccc2c(c1)C=CCO2. The standard InChI is InChI=1S/C16H13NO5S/c18-16(19)17(13-6-2-1-3-7-13)23(20,21)14-8-9-15-12(11-14)5-4-10-22-15/h1-9,11H,10H2,(H,18,19). The van der Waals surface area contributed by atoms with Crippen LogP contribution in [0.4, 0.5) is 10.5 Å². The number of ether oxygens (including phenoxy) is 1. The summed E-state index contributed by atoms with van der Waals surface area (Å²) in [4.78, 5) is 11.4. The van der Waals surface area contributed by atoms with Crippen molar-refractivity contribution < 1.29 is 23.1 Å². The summed E-state index contributed by atoms with van der Waals surface area (Å²) in [5.74, 6) is 0.563. The fraction of sp³-hybridized carbons (Fsp3) is 0.0625. The Balaban J connectivity index is 2.10. The Morgan fingerprint density at radius 2 is 1.87 bits per heavy atom. The highest BCUT2D eigenvalue weighted by Crippen LogP contribution is 2.29. The van der Waals surface area contributed by atoms with Gasteiger partial charge in [0.05, 0.1) is 10.6 Å². The highest BCUT2D eigenvalue weighted by molar-refractivity contribution is 7.93. The monoisotopic (exact) mass is 331 g/mol. The van der Waals surface area contributed by atoms with E-state index in [0.717, 1.165) is 0 Å². The normalized spacial score (nSPS) is 13.0. The van der Waals surface area contributed by atoms with Crippen molar-refractivity contribution in [3.63, 3.8) is 0 Å². The zero-order valence-electron chi connectivity index (χ0n) is 11.9. The molecule has 2 aromatic rings. The summed E-state index contributed by atoms with van der Waals surface area (Å²) in [5, 5.41) is 9.37. The number of hydrogen-bond donors (Lipinski definition) is 1. The van der Waals surface area contributed by atoms with E-state index in [4.69, 9.17) is 4.74 Å². The van der Waals surface area contributed by atoms with Gasteiger partial charge in [-0.15, -0.1) is 0 Å². The third kappa shape index (κ3) is 2.78. The molecule has 1 aliphatic rings. The molecule has 23 heavy (non-hydrogen) atoms. The lowest BCUT2D eigenvalue weighted by Crippen LogP contribution is -2.35. The van der Waals surface area contributed by atoms with Gasteiger partial charge in [-0.25, -0.2) is 13.2 Å². The van der Waals surface area contributed by atoms with Crippen LogP contribution in [0.25, 0.3) is 6.08 Å². The van der Waals surface area contributed by atoms with Gasteiger partial charge in [-0.05, 0) is 36.4 Å². The number of carbonyl (C=O) groups is 1. The number of amides is 1. The number of anilines is 1. The lowest BCUT2D eigenvalue weighted by atomic mass is 10.1. The van der Waals surface area contributed by atoms with Gasteiger partial charge in [-0.3, -0.25) is 0 Å². The first-order valence-corrected chi connectivity index (χ1v) is 8.21. The van der Waals surface area contributed by atoms with Crippen LogP contribution in [0.1, 0.15) is 5.56 Å². The molecule has 3 rings (SSSR count). The Labute approximate surface area is 133 Å². The first-order valence-electron chi connectivity index (χ1n) is 6.77.